The first-order valence-electron chi connectivity index (χ1n) is 4.77. The fourth-order valence-corrected chi connectivity index (χ4v) is 2.78. The van der Waals surface area contributed by atoms with Crippen LogP contribution in [0.2, 0.25) is 0 Å². The van der Waals surface area contributed by atoms with Gasteiger partial charge in [-0.15, -0.1) is 0 Å². The molecule has 1 aromatic carbocycles. The zero-order chi connectivity index (χ0) is 14.0. The molecule has 0 fully saturated rings. The summed E-state index contributed by atoms with van der Waals surface area (Å²) in [5.41, 5.74) is -1.94. The monoisotopic (exact) mass is 306 g/mol. The zero-order valence-electron chi connectivity index (χ0n) is 9.01. The third kappa shape index (κ3) is 3.24. The summed E-state index contributed by atoms with van der Waals surface area (Å²) >= 11 is 2.13. The fourth-order valence-electron chi connectivity index (χ4n) is 1.32. The van der Waals surface area contributed by atoms with Gasteiger partial charge in [-0.1, -0.05) is 11.8 Å². The second-order valence-electron chi connectivity index (χ2n) is 3.32. The van der Waals surface area contributed by atoms with Gasteiger partial charge < -0.3 is 5.11 Å². The van der Waals surface area contributed by atoms with Crippen LogP contribution in [0.3, 0.4) is 0 Å². The minimum Gasteiger partial charge on any atom is -0.478 e. The molecule has 0 saturated heterocycles. The highest BCUT2D eigenvalue weighted by atomic mass is 32.2. The van der Waals surface area contributed by atoms with Crippen molar-refractivity contribution in [2.45, 2.75) is 15.4 Å². The molecule has 4 nitrogen and oxygen atoms in total. The van der Waals surface area contributed by atoms with E-state index in [-0.39, 0.29) is 0 Å². The Kier molecular flexibility index (Phi) is 3.76. The lowest BCUT2D eigenvalue weighted by atomic mass is 10.1. The maximum atomic E-state index is 12.6. The van der Waals surface area contributed by atoms with Crippen LogP contribution in [0.5, 0.6) is 0 Å². The van der Waals surface area contributed by atoms with Gasteiger partial charge in [0.05, 0.1) is 11.1 Å². The van der Waals surface area contributed by atoms with E-state index in [1.165, 1.54) is 12.4 Å². The molecule has 0 atom stereocenters. The largest absolute Gasteiger partial charge is 0.478 e. The molecule has 0 bridgehead atoms. The number of benzene rings is 1. The van der Waals surface area contributed by atoms with E-state index in [0.717, 1.165) is 35.4 Å². The van der Waals surface area contributed by atoms with Gasteiger partial charge in [-0.25, -0.2) is 9.78 Å². The molecule has 0 saturated carbocycles. The molecule has 0 aliphatic rings. The van der Waals surface area contributed by atoms with Crippen molar-refractivity contribution < 1.29 is 23.1 Å². The van der Waals surface area contributed by atoms with Crippen LogP contribution < -0.4 is 0 Å². The maximum Gasteiger partial charge on any atom is 0.417 e. The molecule has 1 heterocycles. The van der Waals surface area contributed by atoms with Gasteiger partial charge in [0.15, 0.2) is 4.34 Å². The third-order valence-corrected chi connectivity index (χ3v) is 3.78. The Morgan fingerprint density at radius 2 is 2.11 bits per heavy atom. The minimum atomic E-state index is -4.69. The van der Waals surface area contributed by atoms with Crippen molar-refractivity contribution in [3.8, 4) is 0 Å². The first-order valence-corrected chi connectivity index (χ1v) is 6.36. The van der Waals surface area contributed by atoms with E-state index >= 15 is 0 Å². The second-order valence-corrected chi connectivity index (χ2v) is 5.42. The number of carboxylic acids is 1. The SMILES string of the molecule is O=C(O)c1cc(Sc2ncns2)ccc1C(F)(F)F. The van der Waals surface area contributed by atoms with Crippen LogP contribution in [0.15, 0.2) is 33.8 Å². The normalized spacial score (nSPS) is 11.5. The topological polar surface area (TPSA) is 63.1 Å². The Hall–Kier alpha value is -1.61. The lowest BCUT2D eigenvalue weighted by molar-refractivity contribution is -0.138. The predicted octanol–water partition coefficient (Wildman–Crippen LogP) is 3.41. The van der Waals surface area contributed by atoms with E-state index in [1.54, 1.807) is 0 Å². The van der Waals surface area contributed by atoms with E-state index in [4.69, 9.17) is 5.11 Å². The Bertz CT molecular complexity index is 599. The average Bonchev–Trinajstić information content (AvgIpc) is 2.80. The summed E-state index contributed by atoms with van der Waals surface area (Å²) in [7, 11) is 0. The molecule has 19 heavy (non-hydrogen) atoms. The highest BCUT2D eigenvalue weighted by Crippen LogP contribution is 2.36. The Labute approximate surface area is 113 Å². The van der Waals surface area contributed by atoms with E-state index in [0.29, 0.717) is 9.24 Å². The number of halogens is 3. The van der Waals surface area contributed by atoms with Crippen LogP contribution in [-0.4, -0.2) is 20.4 Å². The number of hydrogen-bond donors (Lipinski definition) is 1. The lowest BCUT2D eigenvalue weighted by Gasteiger charge is -2.11. The molecule has 1 N–H and O–H groups in total. The molecule has 9 heteroatoms. The number of alkyl halides is 3. The van der Waals surface area contributed by atoms with E-state index in [2.05, 4.69) is 9.36 Å². The van der Waals surface area contributed by atoms with Crippen molar-refractivity contribution in [3.05, 3.63) is 35.7 Å². The van der Waals surface area contributed by atoms with Crippen LogP contribution in [0.25, 0.3) is 0 Å². The number of rotatable bonds is 3. The summed E-state index contributed by atoms with van der Waals surface area (Å²) in [4.78, 5) is 15.1. The molecule has 0 spiro atoms. The number of aromatic carboxylic acids is 1. The summed E-state index contributed by atoms with van der Waals surface area (Å²) in [5, 5.41) is 8.84. The maximum absolute atomic E-state index is 12.6. The van der Waals surface area contributed by atoms with Gasteiger partial charge in [0, 0.05) is 4.90 Å². The fraction of sp³-hybridized carbons (Fsp3) is 0.100. The van der Waals surface area contributed by atoms with Gasteiger partial charge >= 0.3 is 12.1 Å². The molecule has 0 amide bonds. The van der Waals surface area contributed by atoms with E-state index in [9.17, 15) is 18.0 Å². The molecule has 100 valence electrons. The minimum absolute atomic E-state index is 0.363. The summed E-state index contributed by atoms with van der Waals surface area (Å²) < 4.78 is 42.2. The highest BCUT2D eigenvalue weighted by Gasteiger charge is 2.35. The second kappa shape index (κ2) is 5.17. The van der Waals surface area contributed by atoms with Crippen molar-refractivity contribution in [2.75, 3.05) is 0 Å². The lowest BCUT2D eigenvalue weighted by Crippen LogP contribution is -2.12. The molecule has 2 aromatic rings. The van der Waals surface area contributed by atoms with Crippen molar-refractivity contribution in [3.63, 3.8) is 0 Å². The smallest absolute Gasteiger partial charge is 0.417 e. The standard InChI is InChI=1S/C10H5F3N2O2S2/c11-10(12,13)7-2-1-5(3-6(7)8(16)17)18-9-14-4-15-19-9/h1-4H,(H,16,17). The summed E-state index contributed by atoms with van der Waals surface area (Å²) in [5.74, 6) is -1.62. The predicted molar refractivity (Wildman–Crippen MR) is 62.4 cm³/mol. The number of carboxylic acid groups (broad SMARTS) is 1. The molecule has 0 unspecified atom stereocenters. The molecule has 1 aromatic heterocycles. The third-order valence-electron chi connectivity index (χ3n) is 2.07. The summed E-state index contributed by atoms with van der Waals surface area (Å²) in [6.07, 6.45) is -3.38. The van der Waals surface area contributed by atoms with Gasteiger partial charge in [0.1, 0.15) is 6.33 Å². The van der Waals surface area contributed by atoms with Gasteiger partial charge in [-0.3, -0.25) is 0 Å². The van der Waals surface area contributed by atoms with E-state index < -0.39 is 23.3 Å². The quantitative estimate of drug-likeness (QED) is 0.941. The van der Waals surface area contributed by atoms with Gasteiger partial charge in [0.25, 0.3) is 0 Å². The van der Waals surface area contributed by atoms with Gasteiger partial charge in [-0.05, 0) is 29.7 Å². The van der Waals surface area contributed by atoms with Crippen molar-refractivity contribution >= 4 is 29.3 Å². The molecule has 0 aliphatic carbocycles. The highest BCUT2D eigenvalue weighted by molar-refractivity contribution is 8.01. The zero-order valence-corrected chi connectivity index (χ0v) is 10.6. The molecular formula is C10H5F3N2O2S2. The Morgan fingerprint density at radius 1 is 1.37 bits per heavy atom. The molecular weight excluding hydrogens is 301 g/mol. The van der Waals surface area contributed by atoms with Crippen molar-refractivity contribution in [1.29, 1.82) is 0 Å². The number of hydrogen-bond acceptors (Lipinski definition) is 5. The molecule has 0 radical (unpaired) electrons. The summed E-state index contributed by atoms with van der Waals surface area (Å²) in [6, 6.07) is 2.95. The van der Waals surface area contributed by atoms with Crippen LogP contribution in [0.1, 0.15) is 15.9 Å². The van der Waals surface area contributed by atoms with Crippen LogP contribution in [0.4, 0.5) is 13.2 Å². The molecule has 0 aliphatic heterocycles. The summed E-state index contributed by atoms with van der Waals surface area (Å²) in [6.45, 7) is 0. The first-order chi connectivity index (χ1) is 8.88. The average molecular weight is 306 g/mol. The van der Waals surface area contributed by atoms with Gasteiger partial charge in [-0.2, -0.15) is 17.5 Å². The van der Waals surface area contributed by atoms with Gasteiger partial charge in [0.2, 0.25) is 0 Å². The van der Waals surface area contributed by atoms with Crippen molar-refractivity contribution in [2.24, 2.45) is 0 Å². The number of nitrogens with zero attached hydrogens (tertiary/aromatic N) is 2. The Balaban J connectivity index is 2.39. The van der Waals surface area contributed by atoms with E-state index in [1.807, 2.05) is 0 Å². The van der Waals surface area contributed by atoms with Crippen molar-refractivity contribution in [1.82, 2.24) is 9.36 Å². The number of aromatic nitrogens is 2. The van der Waals surface area contributed by atoms with Crippen LogP contribution in [0, 0.1) is 0 Å². The molecule has 2 rings (SSSR count). The van der Waals surface area contributed by atoms with Crippen LogP contribution >= 0.6 is 23.3 Å². The number of carbonyl (C=O) groups is 1. The Morgan fingerprint density at radius 3 is 2.63 bits per heavy atom. The van der Waals surface area contributed by atoms with Crippen LogP contribution in [-0.2, 0) is 6.18 Å². The first kappa shape index (κ1) is 13.8.